The van der Waals surface area contributed by atoms with Crippen molar-refractivity contribution in [2.45, 2.75) is 84.2 Å². The average Bonchev–Trinajstić information content (AvgIpc) is 2.47. The summed E-state index contributed by atoms with van der Waals surface area (Å²) in [5, 5.41) is 14.1. The van der Waals surface area contributed by atoms with E-state index in [4.69, 9.17) is 9.84 Å². The van der Waals surface area contributed by atoms with E-state index in [9.17, 15) is 14.4 Å². The van der Waals surface area contributed by atoms with Gasteiger partial charge in [0.1, 0.15) is 5.60 Å². The summed E-state index contributed by atoms with van der Waals surface area (Å²) in [5.41, 5.74) is -0.482. The third-order valence-corrected chi connectivity index (χ3v) is 3.39. The van der Waals surface area contributed by atoms with E-state index in [1.165, 1.54) is 0 Å². The van der Waals surface area contributed by atoms with E-state index < -0.39 is 17.7 Å². The summed E-state index contributed by atoms with van der Waals surface area (Å²) in [6.07, 6.45) is 6.15. The van der Waals surface area contributed by atoms with Crippen LogP contribution >= 0.6 is 0 Å². The Morgan fingerprint density at radius 1 is 0.800 bits per heavy atom. The van der Waals surface area contributed by atoms with Gasteiger partial charge in [-0.15, -0.1) is 0 Å². The number of carboxylic acid groups (broad SMARTS) is 1. The zero-order chi connectivity index (χ0) is 19.1. The van der Waals surface area contributed by atoms with E-state index in [-0.39, 0.29) is 12.3 Å². The van der Waals surface area contributed by atoms with Crippen molar-refractivity contribution in [1.82, 2.24) is 10.6 Å². The molecular formula is C18H34N2O5. The molecule has 0 aromatic carbocycles. The number of hydrogen-bond acceptors (Lipinski definition) is 4. The smallest absolute Gasteiger partial charge is 0.407 e. The second-order valence-corrected chi connectivity index (χ2v) is 7.15. The number of rotatable bonds is 13. The van der Waals surface area contributed by atoms with Gasteiger partial charge in [-0.05, 0) is 52.9 Å². The minimum atomic E-state index is -0.765. The van der Waals surface area contributed by atoms with Crippen LogP contribution in [-0.4, -0.2) is 41.8 Å². The van der Waals surface area contributed by atoms with Crippen molar-refractivity contribution >= 4 is 18.0 Å². The number of ether oxygens (including phenoxy) is 1. The first kappa shape index (κ1) is 23.2. The van der Waals surface area contributed by atoms with Crippen LogP contribution in [0, 0.1) is 0 Å². The molecule has 7 nitrogen and oxygen atoms in total. The highest BCUT2D eigenvalue weighted by Gasteiger charge is 2.15. The molecule has 0 aromatic heterocycles. The van der Waals surface area contributed by atoms with Crippen molar-refractivity contribution in [2.24, 2.45) is 0 Å². The molecule has 0 unspecified atom stereocenters. The predicted octanol–water partition coefficient (Wildman–Crippen LogP) is 3.22. The minimum Gasteiger partial charge on any atom is -0.481 e. The van der Waals surface area contributed by atoms with Crippen LogP contribution in [0.25, 0.3) is 0 Å². The van der Waals surface area contributed by atoms with Crippen molar-refractivity contribution in [3.63, 3.8) is 0 Å². The monoisotopic (exact) mass is 358 g/mol. The third-order valence-electron chi connectivity index (χ3n) is 3.39. The van der Waals surface area contributed by atoms with E-state index >= 15 is 0 Å². The molecule has 0 atom stereocenters. The van der Waals surface area contributed by atoms with E-state index in [0.29, 0.717) is 25.9 Å². The maximum atomic E-state index is 11.6. The SMILES string of the molecule is CC(C)(C)OC(=O)NCCCCCNC(=O)CCCCCCC(=O)O. The van der Waals surface area contributed by atoms with E-state index in [0.717, 1.165) is 38.5 Å². The highest BCUT2D eigenvalue weighted by atomic mass is 16.6. The highest BCUT2D eigenvalue weighted by molar-refractivity contribution is 5.75. The van der Waals surface area contributed by atoms with Crippen LogP contribution in [-0.2, 0) is 14.3 Å². The van der Waals surface area contributed by atoms with Crippen molar-refractivity contribution < 1.29 is 24.2 Å². The predicted molar refractivity (Wildman–Crippen MR) is 96.4 cm³/mol. The number of aliphatic carboxylic acids is 1. The molecule has 0 radical (unpaired) electrons. The van der Waals surface area contributed by atoms with Gasteiger partial charge in [0.15, 0.2) is 0 Å². The normalized spacial score (nSPS) is 11.0. The van der Waals surface area contributed by atoms with Crippen LogP contribution in [0.15, 0.2) is 0 Å². The molecule has 146 valence electrons. The topological polar surface area (TPSA) is 105 Å². The number of carbonyl (C=O) groups is 3. The van der Waals surface area contributed by atoms with E-state index in [2.05, 4.69) is 10.6 Å². The highest BCUT2D eigenvalue weighted by Crippen LogP contribution is 2.07. The number of amides is 2. The lowest BCUT2D eigenvalue weighted by Gasteiger charge is -2.19. The molecular weight excluding hydrogens is 324 g/mol. The summed E-state index contributed by atoms with van der Waals surface area (Å²) >= 11 is 0. The summed E-state index contributed by atoms with van der Waals surface area (Å²) in [7, 11) is 0. The van der Waals surface area contributed by atoms with Gasteiger partial charge in [0.05, 0.1) is 0 Å². The van der Waals surface area contributed by atoms with Gasteiger partial charge in [-0.2, -0.15) is 0 Å². The molecule has 0 rings (SSSR count). The fourth-order valence-electron chi connectivity index (χ4n) is 2.16. The number of unbranched alkanes of at least 4 members (excludes halogenated alkanes) is 5. The minimum absolute atomic E-state index is 0.0464. The van der Waals surface area contributed by atoms with Crippen LogP contribution in [0.5, 0.6) is 0 Å². The van der Waals surface area contributed by atoms with Gasteiger partial charge < -0.3 is 20.5 Å². The van der Waals surface area contributed by atoms with Gasteiger partial charge >= 0.3 is 12.1 Å². The van der Waals surface area contributed by atoms with Crippen molar-refractivity contribution in [3.8, 4) is 0 Å². The van der Waals surface area contributed by atoms with Crippen LogP contribution in [0.1, 0.15) is 78.6 Å². The van der Waals surface area contributed by atoms with Gasteiger partial charge in [-0.25, -0.2) is 4.79 Å². The average molecular weight is 358 g/mol. The van der Waals surface area contributed by atoms with E-state index in [1.54, 1.807) is 0 Å². The molecule has 0 spiro atoms. The lowest BCUT2D eigenvalue weighted by atomic mass is 10.1. The maximum Gasteiger partial charge on any atom is 0.407 e. The molecule has 3 N–H and O–H groups in total. The fourth-order valence-corrected chi connectivity index (χ4v) is 2.16. The van der Waals surface area contributed by atoms with Gasteiger partial charge in [-0.1, -0.05) is 12.8 Å². The number of carbonyl (C=O) groups excluding carboxylic acids is 2. The first-order chi connectivity index (χ1) is 11.7. The molecule has 0 aliphatic carbocycles. The Kier molecular flexibility index (Phi) is 12.5. The Balaban J connectivity index is 3.37. The van der Waals surface area contributed by atoms with Crippen LogP contribution in [0.3, 0.4) is 0 Å². The van der Waals surface area contributed by atoms with Gasteiger partial charge in [0, 0.05) is 25.9 Å². The number of alkyl carbamates (subject to hydrolysis) is 1. The summed E-state index contributed by atoms with van der Waals surface area (Å²) in [4.78, 5) is 33.4. The lowest BCUT2D eigenvalue weighted by molar-refractivity contribution is -0.137. The summed E-state index contributed by atoms with van der Waals surface area (Å²) < 4.78 is 5.13. The zero-order valence-electron chi connectivity index (χ0n) is 15.9. The largest absolute Gasteiger partial charge is 0.481 e. The molecule has 0 heterocycles. The molecule has 0 bridgehead atoms. The second-order valence-electron chi connectivity index (χ2n) is 7.15. The number of nitrogens with one attached hydrogen (secondary N) is 2. The quantitative estimate of drug-likeness (QED) is 0.438. The Labute approximate surface area is 150 Å². The maximum absolute atomic E-state index is 11.6. The van der Waals surface area contributed by atoms with E-state index in [1.807, 2.05) is 20.8 Å². The molecule has 0 aliphatic rings. The number of hydrogen-bond donors (Lipinski definition) is 3. The van der Waals surface area contributed by atoms with Gasteiger partial charge in [0.25, 0.3) is 0 Å². The molecule has 0 fully saturated rings. The molecule has 0 aliphatic heterocycles. The molecule has 25 heavy (non-hydrogen) atoms. The Morgan fingerprint density at radius 2 is 1.32 bits per heavy atom. The summed E-state index contributed by atoms with van der Waals surface area (Å²) in [6.45, 7) is 6.69. The van der Waals surface area contributed by atoms with Crippen LogP contribution < -0.4 is 10.6 Å². The second kappa shape index (κ2) is 13.5. The zero-order valence-corrected chi connectivity index (χ0v) is 15.9. The third kappa shape index (κ3) is 18.4. The van der Waals surface area contributed by atoms with Gasteiger partial charge in [0.2, 0.25) is 5.91 Å². The van der Waals surface area contributed by atoms with Crippen molar-refractivity contribution in [2.75, 3.05) is 13.1 Å². The Hall–Kier alpha value is -1.79. The molecule has 2 amide bonds. The Bertz CT molecular complexity index is 405. The van der Waals surface area contributed by atoms with Gasteiger partial charge in [-0.3, -0.25) is 9.59 Å². The fraction of sp³-hybridized carbons (Fsp3) is 0.833. The van der Waals surface area contributed by atoms with Crippen LogP contribution in [0.4, 0.5) is 4.79 Å². The first-order valence-electron chi connectivity index (χ1n) is 9.16. The molecule has 7 heteroatoms. The molecule has 0 aromatic rings. The van der Waals surface area contributed by atoms with Crippen molar-refractivity contribution in [1.29, 1.82) is 0 Å². The van der Waals surface area contributed by atoms with Crippen molar-refractivity contribution in [3.05, 3.63) is 0 Å². The number of carboxylic acids is 1. The summed E-state index contributed by atoms with van der Waals surface area (Å²) in [6, 6.07) is 0. The summed E-state index contributed by atoms with van der Waals surface area (Å²) in [5.74, 6) is -0.718. The molecule has 0 saturated carbocycles. The molecule has 0 saturated heterocycles. The first-order valence-corrected chi connectivity index (χ1v) is 9.16. The standard InChI is InChI=1S/C18H34N2O5/c1-18(2,3)25-17(24)20-14-10-6-9-13-19-15(21)11-7-4-5-8-12-16(22)23/h4-14H2,1-3H3,(H,19,21)(H,20,24)(H,22,23). The lowest BCUT2D eigenvalue weighted by Crippen LogP contribution is -2.33. The van der Waals surface area contributed by atoms with Crippen LogP contribution in [0.2, 0.25) is 0 Å². The Morgan fingerprint density at radius 3 is 1.88 bits per heavy atom.